The Hall–Kier alpha value is -1.71. The van der Waals surface area contributed by atoms with Crippen LogP contribution in [0.25, 0.3) is 5.65 Å². The highest BCUT2D eigenvalue weighted by molar-refractivity contribution is 5.73. The van der Waals surface area contributed by atoms with Gasteiger partial charge >= 0.3 is 0 Å². The molecule has 0 atom stereocenters. The fourth-order valence-electron chi connectivity index (χ4n) is 1.20. The number of carbonyl (C=O) groups is 1. The van der Waals surface area contributed by atoms with Gasteiger partial charge in [0.05, 0.1) is 11.9 Å². The van der Waals surface area contributed by atoms with Crippen molar-refractivity contribution < 1.29 is 4.79 Å². The number of aldehydes is 1. The Kier molecular flexibility index (Phi) is 1.81. The molecule has 0 radical (unpaired) electrons. The van der Waals surface area contributed by atoms with Crippen molar-refractivity contribution in [3.8, 4) is 0 Å². The van der Waals surface area contributed by atoms with Gasteiger partial charge in [-0.2, -0.15) is 5.10 Å². The van der Waals surface area contributed by atoms with Gasteiger partial charge in [0.2, 0.25) is 0 Å². The number of aromatic nitrogens is 3. The minimum Gasteiger partial charge on any atom is -0.296 e. The van der Waals surface area contributed by atoms with Gasteiger partial charge in [0.1, 0.15) is 5.69 Å². The Balaban J connectivity index is 2.71. The lowest BCUT2D eigenvalue weighted by molar-refractivity contribution is 0.111. The summed E-state index contributed by atoms with van der Waals surface area (Å²) in [6.07, 6.45) is 3.13. The second kappa shape index (κ2) is 2.97. The summed E-state index contributed by atoms with van der Waals surface area (Å²) >= 11 is 0. The molecule has 0 aromatic carbocycles. The normalized spacial score (nSPS) is 10.5. The monoisotopic (exact) mass is 175 g/mol. The van der Waals surface area contributed by atoms with Crippen LogP contribution in [0, 0.1) is 0 Å². The third-order valence-electron chi connectivity index (χ3n) is 1.93. The van der Waals surface area contributed by atoms with Crippen molar-refractivity contribution in [2.24, 2.45) is 0 Å². The minimum atomic E-state index is 0.491. The lowest BCUT2D eigenvalue weighted by Crippen LogP contribution is -1.99. The van der Waals surface area contributed by atoms with Crippen LogP contribution >= 0.6 is 0 Å². The maximum atomic E-state index is 10.6. The standard InChI is InChI=1S/C9H9N3O/c1-2-7-3-4-9-10-5-8(6-13)12(9)11-7/h3-6H,2H2,1H3. The zero-order chi connectivity index (χ0) is 9.26. The molecule has 2 aromatic rings. The molecule has 0 fully saturated rings. The lowest BCUT2D eigenvalue weighted by Gasteiger charge is -1.97. The smallest absolute Gasteiger partial charge is 0.170 e. The van der Waals surface area contributed by atoms with Crippen LogP contribution in [0.4, 0.5) is 0 Å². The summed E-state index contributed by atoms with van der Waals surface area (Å²) in [7, 11) is 0. The Morgan fingerprint density at radius 2 is 2.38 bits per heavy atom. The maximum Gasteiger partial charge on any atom is 0.170 e. The van der Waals surface area contributed by atoms with Gasteiger partial charge < -0.3 is 0 Å². The van der Waals surface area contributed by atoms with Crippen LogP contribution in [0.1, 0.15) is 23.1 Å². The average molecular weight is 175 g/mol. The molecule has 66 valence electrons. The van der Waals surface area contributed by atoms with E-state index < -0.39 is 0 Å². The van der Waals surface area contributed by atoms with Crippen molar-refractivity contribution in [1.82, 2.24) is 14.6 Å². The van der Waals surface area contributed by atoms with Gasteiger partial charge in [-0.3, -0.25) is 4.79 Å². The molecule has 0 aliphatic carbocycles. The number of aryl methyl sites for hydroxylation is 1. The Morgan fingerprint density at radius 3 is 3.08 bits per heavy atom. The molecular weight excluding hydrogens is 166 g/mol. The van der Waals surface area contributed by atoms with Crippen molar-refractivity contribution in [2.75, 3.05) is 0 Å². The molecule has 0 aliphatic heterocycles. The molecule has 4 nitrogen and oxygen atoms in total. The zero-order valence-electron chi connectivity index (χ0n) is 7.27. The number of fused-ring (bicyclic) bond motifs is 1. The molecule has 0 saturated carbocycles. The van der Waals surface area contributed by atoms with E-state index in [1.165, 1.54) is 6.20 Å². The molecule has 0 aliphatic rings. The summed E-state index contributed by atoms with van der Waals surface area (Å²) in [6.45, 7) is 2.02. The van der Waals surface area contributed by atoms with Crippen LogP contribution in [0.2, 0.25) is 0 Å². The molecule has 0 bridgehead atoms. The Labute approximate surface area is 75.2 Å². The van der Waals surface area contributed by atoms with Crippen LogP contribution in [-0.2, 0) is 6.42 Å². The number of rotatable bonds is 2. The zero-order valence-corrected chi connectivity index (χ0v) is 7.27. The molecule has 0 spiro atoms. The Morgan fingerprint density at radius 1 is 1.54 bits per heavy atom. The number of carbonyl (C=O) groups excluding carboxylic acids is 1. The van der Waals surface area contributed by atoms with E-state index in [0.717, 1.165) is 18.4 Å². The second-order valence-electron chi connectivity index (χ2n) is 2.75. The van der Waals surface area contributed by atoms with Gasteiger partial charge in [-0.15, -0.1) is 0 Å². The van der Waals surface area contributed by atoms with Crippen LogP contribution in [0.3, 0.4) is 0 Å². The van der Waals surface area contributed by atoms with Crippen molar-refractivity contribution in [3.05, 3.63) is 29.7 Å². The first-order valence-electron chi connectivity index (χ1n) is 4.14. The molecule has 0 N–H and O–H groups in total. The van der Waals surface area contributed by atoms with E-state index in [9.17, 15) is 4.79 Å². The molecule has 0 amide bonds. The third kappa shape index (κ3) is 1.20. The first-order chi connectivity index (χ1) is 6.35. The summed E-state index contributed by atoms with van der Waals surface area (Å²) in [5.74, 6) is 0. The van der Waals surface area contributed by atoms with Crippen LogP contribution in [-0.4, -0.2) is 20.9 Å². The second-order valence-corrected chi connectivity index (χ2v) is 2.75. The van der Waals surface area contributed by atoms with Crippen LogP contribution in [0.15, 0.2) is 18.3 Å². The third-order valence-corrected chi connectivity index (χ3v) is 1.93. The van der Waals surface area contributed by atoms with E-state index in [4.69, 9.17) is 0 Å². The van der Waals surface area contributed by atoms with Crippen LogP contribution in [0.5, 0.6) is 0 Å². The predicted octanol–water partition coefficient (Wildman–Crippen LogP) is 1.10. The van der Waals surface area contributed by atoms with Crippen molar-refractivity contribution in [3.63, 3.8) is 0 Å². The minimum absolute atomic E-state index is 0.491. The van der Waals surface area contributed by atoms with Gasteiger partial charge in [-0.05, 0) is 18.6 Å². The van der Waals surface area contributed by atoms with E-state index in [1.54, 1.807) is 4.52 Å². The van der Waals surface area contributed by atoms with Crippen LogP contribution < -0.4 is 0 Å². The molecular formula is C9H9N3O. The summed E-state index contributed by atoms with van der Waals surface area (Å²) in [5, 5.41) is 4.25. The molecule has 0 unspecified atom stereocenters. The fraction of sp³-hybridized carbons (Fsp3) is 0.222. The SMILES string of the molecule is CCc1ccc2ncc(C=O)n2n1. The largest absolute Gasteiger partial charge is 0.296 e. The number of imidazole rings is 1. The van der Waals surface area contributed by atoms with Gasteiger partial charge in [0, 0.05) is 0 Å². The van der Waals surface area contributed by atoms with Crippen molar-refractivity contribution >= 4 is 11.9 Å². The molecule has 2 aromatic heterocycles. The quantitative estimate of drug-likeness (QED) is 0.642. The van der Waals surface area contributed by atoms with Gasteiger partial charge in [0.25, 0.3) is 0 Å². The first-order valence-corrected chi connectivity index (χ1v) is 4.14. The molecule has 4 heteroatoms. The first kappa shape index (κ1) is 7.91. The molecule has 2 heterocycles. The van der Waals surface area contributed by atoms with Crippen molar-refractivity contribution in [1.29, 1.82) is 0 Å². The summed E-state index contributed by atoms with van der Waals surface area (Å²) in [4.78, 5) is 14.6. The fourth-order valence-corrected chi connectivity index (χ4v) is 1.20. The molecule has 2 rings (SSSR count). The molecule has 0 saturated heterocycles. The highest BCUT2D eigenvalue weighted by Gasteiger charge is 2.02. The summed E-state index contributed by atoms with van der Waals surface area (Å²) in [6, 6.07) is 3.77. The predicted molar refractivity (Wildman–Crippen MR) is 47.8 cm³/mol. The number of hydrogen-bond acceptors (Lipinski definition) is 3. The Bertz CT molecular complexity index is 447. The topological polar surface area (TPSA) is 47.3 Å². The van der Waals surface area contributed by atoms with Gasteiger partial charge in [-0.25, -0.2) is 9.50 Å². The van der Waals surface area contributed by atoms with Gasteiger partial charge in [0.15, 0.2) is 11.9 Å². The average Bonchev–Trinajstić information content (AvgIpc) is 2.59. The summed E-state index contributed by atoms with van der Waals surface area (Å²) in [5.41, 5.74) is 2.15. The van der Waals surface area contributed by atoms with Gasteiger partial charge in [-0.1, -0.05) is 6.92 Å². The van der Waals surface area contributed by atoms with E-state index >= 15 is 0 Å². The number of nitrogens with zero attached hydrogens (tertiary/aromatic N) is 3. The lowest BCUT2D eigenvalue weighted by atomic mass is 10.3. The van der Waals surface area contributed by atoms with E-state index in [2.05, 4.69) is 10.1 Å². The van der Waals surface area contributed by atoms with E-state index in [-0.39, 0.29) is 0 Å². The number of hydrogen-bond donors (Lipinski definition) is 0. The van der Waals surface area contributed by atoms with E-state index in [0.29, 0.717) is 11.3 Å². The van der Waals surface area contributed by atoms with Crippen molar-refractivity contribution in [2.45, 2.75) is 13.3 Å². The summed E-state index contributed by atoms with van der Waals surface area (Å²) < 4.78 is 1.56. The molecule has 13 heavy (non-hydrogen) atoms. The van der Waals surface area contributed by atoms with E-state index in [1.807, 2.05) is 19.1 Å². The highest BCUT2D eigenvalue weighted by Crippen LogP contribution is 2.04. The maximum absolute atomic E-state index is 10.6. The highest BCUT2D eigenvalue weighted by atomic mass is 16.1.